The number of ether oxygens (including phenoxy) is 2. The molecule has 0 aromatic heterocycles. The SMILES string of the molecule is COc1cccc(OC)c1/C=C/S(=O)(=O)Cc1ccc(Cl)cc1. The topological polar surface area (TPSA) is 52.6 Å². The molecule has 0 saturated heterocycles. The van der Waals surface area contributed by atoms with Crippen LogP contribution in [0.15, 0.2) is 47.9 Å². The first-order valence-electron chi connectivity index (χ1n) is 6.81. The van der Waals surface area contributed by atoms with E-state index in [1.807, 2.05) is 0 Å². The van der Waals surface area contributed by atoms with Gasteiger partial charge in [0, 0.05) is 10.4 Å². The van der Waals surface area contributed by atoms with Gasteiger partial charge < -0.3 is 9.47 Å². The Morgan fingerprint density at radius 1 is 1.00 bits per heavy atom. The summed E-state index contributed by atoms with van der Waals surface area (Å²) < 4.78 is 35.0. The Bertz CT molecular complexity index is 774. The zero-order valence-corrected chi connectivity index (χ0v) is 14.4. The van der Waals surface area contributed by atoms with Crippen molar-refractivity contribution in [3.63, 3.8) is 0 Å². The van der Waals surface area contributed by atoms with Crippen LogP contribution in [0.5, 0.6) is 11.5 Å². The Kier molecular flexibility index (Phi) is 5.69. The molecule has 0 amide bonds. The molecule has 0 bridgehead atoms. The number of halogens is 1. The van der Waals surface area contributed by atoms with Crippen LogP contribution in [0.25, 0.3) is 6.08 Å². The van der Waals surface area contributed by atoms with Crippen molar-refractivity contribution >= 4 is 27.5 Å². The van der Waals surface area contributed by atoms with E-state index >= 15 is 0 Å². The van der Waals surface area contributed by atoms with Gasteiger partial charge >= 0.3 is 0 Å². The summed E-state index contributed by atoms with van der Waals surface area (Å²) in [6.45, 7) is 0. The van der Waals surface area contributed by atoms with E-state index in [4.69, 9.17) is 21.1 Å². The lowest BCUT2D eigenvalue weighted by molar-refractivity contribution is 0.392. The quantitative estimate of drug-likeness (QED) is 0.790. The molecule has 2 aromatic rings. The molecule has 0 unspecified atom stereocenters. The maximum atomic E-state index is 12.3. The lowest BCUT2D eigenvalue weighted by atomic mass is 10.2. The summed E-state index contributed by atoms with van der Waals surface area (Å²) in [5.41, 5.74) is 1.25. The van der Waals surface area contributed by atoms with Crippen LogP contribution < -0.4 is 9.47 Å². The van der Waals surface area contributed by atoms with Crippen molar-refractivity contribution < 1.29 is 17.9 Å². The summed E-state index contributed by atoms with van der Waals surface area (Å²) in [5.74, 6) is 0.989. The molecule has 0 spiro atoms. The summed E-state index contributed by atoms with van der Waals surface area (Å²) in [4.78, 5) is 0. The van der Waals surface area contributed by atoms with Gasteiger partial charge in [0.05, 0.1) is 25.5 Å². The zero-order valence-electron chi connectivity index (χ0n) is 12.8. The van der Waals surface area contributed by atoms with Gasteiger partial charge in [-0.25, -0.2) is 8.42 Å². The number of sulfone groups is 1. The standard InChI is InChI=1S/C17H17ClO4S/c1-21-16-4-3-5-17(22-2)15(16)10-11-23(19,20)12-13-6-8-14(18)9-7-13/h3-11H,12H2,1-2H3/b11-10+. The van der Waals surface area contributed by atoms with Gasteiger partial charge in [-0.2, -0.15) is 0 Å². The van der Waals surface area contributed by atoms with Gasteiger partial charge in [-0.1, -0.05) is 29.8 Å². The molecule has 0 atom stereocenters. The highest BCUT2D eigenvalue weighted by atomic mass is 35.5. The van der Waals surface area contributed by atoms with Crippen molar-refractivity contribution in [3.8, 4) is 11.5 Å². The molecule has 2 rings (SSSR count). The first kappa shape index (κ1) is 17.4. The number of benzene rings is 2. The van der Waals surface area contributed by atoms with Gasteiger partial charge in [0.25, 0.3) is 0 Å². The number of rotatable bonds is 6. The maximum Gasteiger partial charge on any atom is 0.175 e. The zero-order chi connectivity index (χ0) is 16.9. The third kappa shape index (κ3) is 4.74. The maximum absolute atomic E-state index is 12.3. The van der Waals surface area contributed by atoms with E-state index < -0.39 is 9.84 Å². The number of methoxy groups -OCH3 is 2. The van der Waals surface area contributed by atoms with Crippen LogP contribution in [0.4, 0.5) is 0 Å². The minimum Gasteiger partial charge on any atom is -0.496 e. The monoisotopic (exact) mass is 352 g/mol. The van der Waals surface area contributed by atoms with Gasteiger partial charge in [-0.3, -0.25) is 0 Å². The second-order valence-corrected chi connectivity index (χ2v) is 7.14. The van der Waals surface area contributed by atoms with Crippen LogP contribution in [0.2, 0.25) is 5.02 Å². The van der Waals surface area contributed by atoms with Crippen LogP contribution >= 0.6 is 11.6 Å². The van der Waals surface area contributed by atoms with Crippen LogP contribution in [0.3, 0.4) is 0 Å². The molecule has 0 saturated carbocycles. The van der Waals surface area contributed by atoms with Gasteiger partial charge in [0.2, 0.25) is 0 Å². The minimum absolute atomic E-state index is 0.0991. The van der Waals surface area contributed by atoms with Gasteiger partial charge in [0.1, 0.15) is 11.5 Å². The highest BCUT2D eigenvalue weighted by molar-refractivity contribution is 7.93. The van der Waals surface area contributed by atoms with E-state index in [1.54, 1.807) is 42.5 Å². The van der Waals surface area contributed by atoms with E-state index in [9.17, 15) is 8.42 Å². The predicted molar refractivity (Wildman–Crippen MR) is 92.7 cm³/mol. The average Bonchev–Trinajstić information content (AvgIpc) is 2.54. The molecule has 0 heterocycles. The molecule has 122 valence electrons. The molecule has 0 aliphatic rings. The van der Waals surface area contributed by atoms with Crippen molar-refractivity contribution in [2.24, 2.45) is 0 Å². The molecule has 2 aromatic carbocycles. The molecular weight excluding hydrogens is 336 g/mol. The van der Waals surface area contributed by atoms with E-state index in [0.717, 1.165) is 0 Å². The Hall–Kier alpha value is -1.98. The van der Waals surface area contributed by atoms with Crippen molar-refractivity contribution in [3.05, 3.63) is 64.0 Å². The Balaban J connectivity index is 2.26. The van der Waals surface area contributed by atoms with Crippen molar-refractivity contribution in [2.45, 2.75) is 5.75 Å². The summed E-state index contributed by atoms with van der Waals surface area (Å²) in [6.07, 6.45) is 1.49. The Morgan fingerprint density at radius 3 is 2.09 bits per heavy atom. The third-order valence-corrected chi connectivity index (χ3v) is 4.73. The average molecular weight is 353 g/mol. The first-order valence-corrected chi connectivity index (χ1v) is 8.91. The van der Waals surface area contributed by atoms with E-state index in [1.165, 1.54) is 25.7 Å². The smallest absolute Gasteiger partial charge is 0.175 e. The summed E-state index contributed by atoms with van der Waals surface area (Å²) in [7, 11) is -0.386. The van der Waals surface area contributed by atoms with E-state index in [-0.39, 0.29) is 5.75 Å². The van der Waals surface area contributed by atoms with Crippen molar-refractivity contribution in [1.29, 1.82) is 0 Å². The molecule has 0 fully saturated rings. The van der Waals surface area contributed by atoms with Crippen LogP contribution in [-0.4, -0.2) is 22.6 Å². The van der Waals surface area contributed by atoms with Gasteiger partial charge in [-0.15, -0.1) is 0 Å². The summed E-state index contributed by atoms with van der Waals surface area (Å²) >= 11 is 5.80. The molecule has 23 heavy (non-hydrogen) atoms. The van der Waals surface area contributed by atoms with Crippen LogP contribution in [0, 0.1) is 0 Å². The third-order valence-electron chi connectivity index (χ3n) is 3.19. The van der Waals surface area contributed by atoms with Gasteiger partial charge in [-0.05, 0) is 35.9 Å². The second-order valence-electron chi connectivity index (χ2n) is 4.81. The molecule has 6 heteroatoms. The highest BCUT2D eigenvalue weighted by Gasteiger charge is 2.11. The lowest BCUT2D eigenvalue weighted by Gasteiger charge is -2.09. The molecule has 4 nitrogen and oxygen atoms in total. The number of hydrogen-bond acceptors (Lipinski definition) is 4. The fourth-order valence-electron chi connectivity index (χ4n) is 2.08. The van der Waals surface area contributed by atoms with Crippen LogP contribution in [0.1, 0.15) is 11.1 Å². The molecule has 0 aliphatic carbocycles. The van der Waals surface area contributed by atoms with Crippen molar-refractivity contribution in [1.82, 2.24) is 0 Å². The predicted octanol–water partition coefficient (Wildman–Crippen LogP) is 3.94. The molecule has 0 radical (unpaired) electrons. The first-order chi connectivity index (χ1) is 10.9. The Morgan fingerprint density at radius 2 is 1.57 bits per heavy atom. The lowest BCUT2D eigenvalue weighted by Crippen LogP contribution is -2.00. The molecular formula is C17H17ClO4S. The number of hydrogen-bond donors (Lipinski definition) is 0. The van der Waals surface area contributed by atoms with Gasteiger partial charge in [0.15, 0.2) is 9.84 Å². The fourth-order valence-corrected chi connectivity index (χ4v) is 3.30. The van der Waals surface area contributed by atoms with E-state index in [0.29, 0.717) is 27.6 Å². The highest BCUT2D eigenvalue weighted by Crippen LogP contribution is 2.30. The van der Waals surface area contributed by atoms with Crippen LogP contribution in [-0.2, 0) is 15.6 Å². The summed E-state index contributed by atoms with van der Waals surface area (Å²) in [6, 6.07) is 12.0. The fraction of sp³-hybridized carbons (Fsp3) is 0.176. The Labute approximate surface area is 141 Å². The second kappa shape index (κ2) is 7.53. The minimum atomic E-state index is -3.43. The molecule has 0 N–H and O–H groups in total. The molecule has 0 aliphatic heterocycles. The van der Waals surface area contributed by atoms with E-state index in [2.05, 4.69) is 0 Å². The summed E-state index contributed by atoms with van der Waals surface area (Å²) in [5, 5.41) is 1.74. The normalized spacial score (nSPS) is 11.6. The largest absolute Gasteiger partial charge is 0.496 e. The van der Waals surface area contributed by atoms with Crippen molar-refractivity contribution in [2.75, 3.05) is 14.2 Å².